The minimum atomic E-state index is -1.59. The first-order chi connectivity index (χ1) is 17.8. The molecule has 0 aromatic rings. The summed E-state index contributed by atoms with van der Waals surface area (Å²) in [5.41, 5.74) is 10.9. The van der Waals surface area contributed by atoms with Crippen LogP contribution in [0, 0.1) is 0 Å². The number of hydrogen-bond donors (Lipinski definition) is 9. The Hall–Kier alpha value is -3.34. The maximum atomic E-state index is 13.3. The molecule has 0 spiro atoms. The smallest absolute Gasteiger partial charge is 0.246 e. The number of nitrogens with zero attached hydrogens (tertiary/aromatic N) is 1. The lowest BCUT2D eigenvalue weighted by molar-refractivity contribution is -0.146. The van der Waals surface area contributed by atoms with Crippen molar-refractivity contribution in [3.63, 3.8) is 0 Å². The van der Waals surface area contributed by atoms with E-state index in [1.807, 2.05) is 0 Å². The number of rotatable bonds is 6. The van der Waals surface area contributed by atoms with E-state index >= 15 is 0 Å². The molecule has 1 heterocycles. The van der Waals surface area contributed by atoms with Gasteiger partial charge in [0.15, 0.2) is 0 Å². The van der Waals surface area contributed by atoms with Gasteiger partial charge in [0.2, 0.25) is 35.4 Å². The molecule has 1 fully saturated rings. The van der Waals surface area contributed by atoms with Crippen LogP contribution in [0.2, 0.25) is 0 Å². The summed E-state index contributed by atoms with van der Waals surface area (Å²) in [7, 11) is 1.17. The van der Waals surface area contributed by atoms with Gasteiger partial charge in [0.25, 0.3) is 0 Å². The van der Waals surface area contributed by atoms with Crippen molar-refractivity contribution in [3.05, 3.63) is 0 Å². The molecule has 1 rings (SSSR count). The van der Waals surface area contributed by atoms with E-state index < -0.39 is 85.0 Å². The van der Waals surface area contributed by atoms with Crippen molar-refractivity contribution >= 4 is 35.4 Å². The van der Waals surface area contributed by atoms with Crippen molar-refractivity contribution in [3.8, 4) is 0 Å². The largest absolute Gasteiger partial charge is 0.394 e. The second-order valence-electron chi connectivity index (χ2n) is 9.08. The van der Waals surface area contributed by atoms with Gasteiger partial charge in [-0.25, -0.2) is 0 Å². The average molecular weight is 546 g/mol. The van der Waals surface area contributed by atoms with E-state index in [9.17, 15) is 39.0 Å². The Morgan fingerprint density at radius 3 is 2.32 bits per heavy atom. The summed E-state index contributed by atoms with van der Waals surface area (Å²) in [4.78, 5) is 76.2. The lowest BCUT2D eigenvalue weighted by Gasteiger charge is -2.33. The predicted molar refractivity (Wildman–Crippen MR) is 131 cm³/mol. The molecule has 0 aliphatic carbocycles. The zero-order valence-corrected chi connectivity index (χ0v) is 21.5. The van der Waals surface area contributed by atoms with Crippen LogP contribution in [0.4, 0.5) is 0 Å². The van der Waals surface area contributed by atoms with Crippen molar-refractivity contribution in [1.82, 2.24) is 26.2 Å². The number of primary amides is 1. The number of nitrogens with one attached hydrogen (secondary N) is 4. The summed E-state index contributed by atoms with van der Waals surface area (Å²) < 4.78 is 0. The third-order valence-corrected chi connectivity index (χ3v) is 6.02. The Morgan fingerprint density at radius 1 is 1.11 bits per heavy atom. The molecule has 2 unspecified atom stereocenters. The van der Waals surface area contributed by atoms with Crippen LogP contribution in [-0.4, -0.2) is 119 Å². The third-order valence-electron chi connectivity index (χ3n) is 6.02. The number of likely N-dealkylation sites (N-methyl/N-ethyl adjacent to an activating group) is 1. The van der Waals surface area contributed by atoms with Crippen molar-refractivity contribution in [2.24, 2.45) is 11.5 Å². The highest BCUT2D eigenvalue weighted by Gasteiger charge is 2.37. The van der Waals surface area contributed by atoms with Gasteiger partial charge in [-0.3, -0.25) is 28.8 Å². The van der Waals surface area contributed by atoms with Gasteiger partial charge in [-0.2, -0.15) is 0 Å². The zero-order chi connectivity index (χ0) is 29.0. The van der Waals surface area contributed by atoms with E-state index in [1.165, 1.54) is 14.0 Å². The van der Waals surface area contributed by atoms with Gasteiger partial charge in [0.05, 0.1) is 19.3 Å². The van der Waals surface area contributed by atoms with E-state index in [0.717, 1.165) is 4.90 Å². The summed E-state index contributed by atoms with van der Waals surface area (Å²) in [5, 5.41) is 38.7. The van der Waals surface area contributed by atoms with Crippen LogP contribution in [-0.2, 0) is 28.8 Å². The van der Waals surface area contributed by atoms with E-state index in [-0.39, 0.29) is 25.8 Å². The lowest BCUT2D eigenvalue weighted by atomic mass is 10.0. The number of aliphatic hydroxyl groups excluding tert-OH is 3. The molecular weight excluding hydrogens is 506 g/mol. The Kier molecular flexibility index (Phi) is 13.6. The Balaban J connectivity index is 3.31. The second-order valence-corrected chi connectivity index (χ2v) is 9.08. The molecule has 0 saturated carbocycles. The van der Waals surface area contributed by atoms with Crippen molar-refractivity contribution < 1.29 is 44.1 Å². The van der Waals surface area contributed by atoms with Gasteiger partial charge in [0.1, 0.15) is 30.2 Å². The summed E-state index contributed by atoms with van der Waals surface area (Å²) >= 11 is 0. The van der Waals surface area contributed by atoms with Gasteiger partial charge in [-0.1, -0.05) is 0 Å². The van der Waals surface area contributed by atoms with Gasteiger partial charge in [-0.15, -0.1) is 0 Å². The molecule has 6 amide bonds. The Labute approximate surface area is 219 Å². The topological polar surface area (TPSA) is 267 Å². The molecular formula is C22H39N7O9. The maximum Gasteiger partial charge on any atom is 0.246 e. The Bertz CT molecular complexity index is 870. The summed E-state index contributed by atoms with van der Waals surface area (Å²) in [6.07, 6.45) is -0.926. The fraction of sp³-hybridized carbons (Fsp3) is 0.727. The van der Waals surface area contributed by atoms with Gasteiger partial charge >= 0.3 is 0 Å². The molecule has 11 N–H and O–H groups in total. The molecule has 16 heteroatoms. The van der Waals surface area contributed by atoms with Crippen LogP contribution >= 0.6 is 0 Å². The van der Waals surface area contributed by atoms with Crippen molar-refractivity contribution in [2.45, 2.75) is 75.3 Å². The van der Waals surface area contributed by atoms with E-state index in [0.29, 0.717) is 12.8 Å². The molecule has 0 aromatic carbocycles. The van der Waals surface area contributed by atoms with Crippen LogP contribution < -0.4 is 32.7 Å². The van der Waals surface area contributed by atoms with Crippen LogP contribution in [0.25, 0.3) is 0 Å². The molecule has 1 saturated heterocycles. The standard InChI is InChI=1S/C22H39N7O9/c1-11(32)17-21(37)28-15(10-31)20(36)26-13(18(24)34)5-3-4-8-25-16(33)7-6-14(22(38)29(17)2)27-19(35)12(23)9-30/h11-15,17,30-32H,3-10,23H2,1-2H3,(H2,24,34)(H,25,33)(H,26,36)(H,27,35)(H,28,37)/t11?,12-,13-,14-,15?,17-/m0/s1. The SMILES string of the molecule is CC(O)[C@H]1C(=O)NC(CO)C(=O)N[C@H](C(N)=O)CCCCNC(=O)CC[C@H](NC(=O)[C@@H](N)CO)C(=O)N1C. The third kappa shape index (κ3) is 9.85. The van der Waals surface area contributed by atoms with Crippen LogP contribution in [0.1, 0.15) is 39.0 Å². The van der Waals surface area contributed by atoms with Crippen LogP contribution in [0.5, 0.6) is 0 Å². The van der Waals surface area contributed by atoms with E-state index in [4.69, 9.17) is 16.6 Å². The number of aliphatic hydroxyl groups is 3. The highest BCUT2D eigenvalue weighted by Crippen LogP contribution is 2.11. The van der Waals surface area contributed by atoms with Crippen molar-refractivity contribution in [1.29, 1.82) is 0 Å². The minimum absolute atomic E-state index is 0.135. The number of nitrogens with two attached hydrogens (primary N) is 2. The lowest BCUT2D eigenvalue weighted by Crippen LogP contribution is -2.62. The molecule has 16 nitrogen and oxygen atoms in total. The number of amides is 6. The fourth-order valence-corrected chi connectivity index (χ4v) is 3.79. The van der Waals surface area contributed by atoms with Gasteiger partial charge in [0, 0.05) is 20.0 Å². The molecule has 0 radical (unpaired) electrons. The summed E-state index contributed by atoms with van der Waals surface area (Å²) in [6.45, 7) is -0.141. The van der Waals surface area contributed by atoms with E-state index in [1.54, 1.807) is 0 Å². The highest BCUT2D eigenvalue weighted by molar-refractivity contribution is 5.96. The van der Waals surface area contributed by atoms with Crippen molar-refractivity contribution in [2.75, 3.05) is 26.8 Å². The number of carbonyl (C=O) groups excluding carboxylic acids is 6. The molecule has 6 atom stereocenters. The minimum Gasteiger partial charge on any atom is -0.394 e. The van der Waals surface area contributed by atoms with Gasteiger partial charge < -0.3 is 53.0 Å². The first-order valence-electron chi connectivity index (χ1n) is 12.2. The first-order valence-corrected chi connectivity index (χ1v) is 12.2. The van der Waals surface area contributed by atoms with Gasteiger partial charge in [-0.05, 0) is 32.6 Å². The molecule has 216 valence electrons. The molecule has 0 bridgehead atoms. The normalized spacial score (nSPS) is 26.6. The average Bonchev–Trinajstić information content (AvgIpc) is 2.86. The summed E-state index contributed by atoms with van der Waals surface area (Å²) in [5.74, 6) is -4.95. The zero-order valence-electron chi connectivity index (χ0n) is 21.5. The van der Waals surface area contributed by atoms with Crippen LogP contribution in [0.3, 0.4) is 0 Å². The maximum absolute atomic E-state index is 13.3. The summed E-state index contributed by atoms with van der Waals surface area (Å²) in [6, 6.07) is -6.93. The number of hydrogen-bond acceptors (Lipinski definition) is 10. The van der Waals surface area contributed by atoms with Crippen LogP contribution in [0.15, 0.2) is 0 Å². The predicted octanol–water partition coefficient (Wildman–Crippen LogP) is -5.47. The second kappa shape index (κ2) is 15.8. The number of carbonyl (C=O) groups is 6. The highest BCUT2D eigenvalue weighted by atomic mass is 16.3. The monoisotopic (exact) mass is 545 g/mol. The quantitative estimate of drug-likeness (QED) is 0.153. The molecule has 38 heavy (non-hydrogen) atoms. The van der Waals surface area contributed by atoms with E-state index in [2.05, 4.69) is 21.3 Å². The Morgan fingerprint density at radius 2 is 1.76 bits per heavy atom. The fourth-order valence-electron chi connectivity index (χ4n) is 3.79. The molecule has 0 aromatic heterocycles. The first kappa shape index (κ1) is 32.7. The molecule has 1 aliphatic heterocycles. The molecule has 1 aliphatic rings.